The van der Waals surface area contributed by atoms with Gasteiger partial charge in [0.15, 0.2) is 5.13 Å². The molecule has 0 saturated carbocycles. The van der Waals surface area contributed by atoms with Gasteiger partial charge >= 0.3 is 0 Å². The van der Waals surface area contributed by atoms with Crippen molar-refractivity contribution in [2.24, 2.45) is 0 Å². The number of phenolic OH excluding ortho intramolecular Hbond substituents is 1. The average molecular weight is 381 g/mol. The van der Waals surface area contributed by atoms with Crippen molar-refractivity contribution >= 4 is 28.1 Å². The molecule has 0 unspecified atom stereocenters. The smallest absolute Gasteiger partial charge is 0.259 e. The first-order valence-corrected chi connectivity index (χ1v) is 9.57. The van der Waals surface area contributed by atoms with Gasteiger partial charge in [-0.25, -0.2) is 4.98 Å². The number of aromatic hydroxyl groups is 1. The van der Waals surface area contributed by atoms with Gasteiger partial charge in [0.25, 0.3) is 5.91 Å². The highest BCUT2D eigenvalue weighted by atomic mass is 32.1. The predicted octanol–water partition coefficient (Wildman–Crippen LogP) is 3.60. The Kier molecular flexibility index (Phi) is 5.04. The molecule has 4 rings (SSSR count). The number of nitrogens with zero attached hydrogens (tertiary/aromatic N) is 2. The Morgan fingerprint density at radius 2 is 1.85 bits per heavy atom. The van der Waals surface area contributed by atoms with Crippen molar-refractivity contribution in [3.63, 3.8) is 0 Å². The second-order valence-electron chi connectivity index (χ2n) is 6.16. The highest BCUT2D eigenvalue weighted by Gasteiger charge is 2.15. The lowest BCUT2D eigenvalue weighted by atomic mass is 10.1. The number of thiazole rings is 1. The predicted molar refractivity (Wildman–Crippen MR) is 107 cm³/mol. The molecule has 1 saturated heterocycles. The molecule has 0 aliphatic carbocycles. The summed E-state index contributed by atoms with van der Waals surface area (Å²) in [5.41, 5.74) is 2.82. The molecule has 6 nitrogen and oxygen atoms in total. The van der Waals surface area contributed by atoms with Gasteiger partial charge in [0, 0.05) is 29.7 Å². The molecule has 0 atom stereocenters. The highest BCUT2D eigenvalue weighted by Crippen LogP contribution is 2.29. The SMILES string of the molecule is O=C(Nc1ccc(-c2csc(N3CCOCC3)n2)cc1)c1ccccc1O. The molecule has 3 aromatic rings. The van der Waals surface area contributed by atoms with Gasteiger partial charge in [-0.1, -0.05) is 24.3 Å². The number of phenols is 1. The number of para-hydroxylation sites is 1. The normalized spacial score (nSPS) is 14.1. The van der Waals surface area contributed by atoms with Crippen LogP contribution >= 0.6 is 11.3 Å². The third-order valence-electron chi connectivity index (χ3n) is 4.36. The zero-order valence-electron chi connectivity index (χ0n) is 14.6. The molecule has 1 aromatic heterocycles. The second kappa shape index (κ2) is 7.77. The van der Waals surface area contributed by atoms with Crippen molar-refractivity contribution in [1.29, 1.82) is 0 Å². The van der Waals surface area contributed by atoms with Crippen LogP contribution in [-0.2, 0) is 4.74 Å². The van der Waals surface area contributed by atoms with E-state index < -0.39 is 0 Å². The maximum Gasteiger partial charge on any atom is 0.259 e. The van der Waals surface area contributed by atoms with Gasteiger partial charge in [-0.05, 0) is 24.3 Å². The van der Waals surface area contributed by atoms with Crippen LogP contribution in [0.3, 0.4) is 0 Å². The summed E-state index contributed by atoms with van der Waals surface area (Å²) in [4.78, 5) is 19.2. The van der Waals surface area contributed by atoms with Crippen LogP contribution in [0.1, 0.15) is 10.4 Å². The molecule has 0 bridgehead atoms. The molecule has 1 aliphatic heterocycles. The van der Waals surface area contributed by atoms with Crippen LogP contribution in [0.25, 0.3) is 11.3 Å². The molecule has 1 fully saturated rings. The van der Waals surface area contributed by atoms with E-state index in [-0.39, 0.29) is 17.2 Å². The van der Waals surface area contributed by atoms with E-state index in [0.717, 1.165) is 42.7 Å². The van der Waals surface area contributed by atoms with E-state index >= 15 is 0 Å². The first kappa shape index (κ1) is 17.5. The molecule has 1 aliphatic rings. The summed E-state index contributed by atoms with van der Waals surface area (Å²) in [5.74, 6) is -0.381. The summed E-state index contributed by atoms with van der Waals surface area (Å²) in [6.07, 6.45) is 0. The van der Waals surface area contributed by atoms with Gasteiger partial charge < -0.3 is 20.1 Å². The second-order valence-corrected chi connectivity index (χ2v) is 7.00. The third-order valence-corrected chi connectivity index (χ3v) is 5.26. The highest BCUT2D eigenvalue weighted by molar-refractivity contribution is 7.14. The van der Waals surface area contributed by atoms with Crippen LogP contribution in [0.4, 0.5) is 10.8 Å². The molecule has 27 heavy (non-hydrogen) atoms. The van der Waals surface area contributed by atoms with Gasteiger partial charge in [-0.3, -0.25) is 4.79 Å². The number of benzene rings is 2. The average Bonchev–Trinajstić information content (AvgIpc) is 3.20. The van der Waals surface area contributed by atoms with E-state index in [1.54, 1.807) is 29.5 Å². The van der Waals surface area contributed by atoms with Gasteiger partial charge in [0.05, 0.1) is 24.5 Å². The fourth-order valence-corrected chi connectivity index (χ4v) is 3.77. The van der Waals surface area contributed by atoms with Gasteiger partial charge in [-0.15, -0.1) is 11.3 Å². The van der Waals surface area contributed by atoms with E-state index in [4.69, 9.17) is 9.72 Å². The fourth-order valence-electron chi connectivity index (χ4n) is 2.89. The Labute approximate surface area is 161 Å². The number of morpholine rings is 1. The van der Waals surface area contributed by atoms with Crippen LogP contribution < -0.4 is 10.2 Å². The molecule has 0 radical (unpaired) electrons. The standard InChI is InChI=1S/C20H19N3O3S/c24-18-4-2-1-3-16(18)19(25)21-15-7-5-14(6-8-15)17-13-27-20(22-17)23-9-11-26-12-10-23/h1-8,13,24H,9-12H2,(H,21,25). The summed E-state index contributed by atoms with van der Waals surface area (Å²) < 4.78 is 5.38. The monoisotopic (exact) mass is 381 g/mol. The van der Waals surface area contributed by atoms with Gasteiger partial charge in [0.2, 0.25) is 0 Å². The number of hydrogen-bond donors (Lipinski definition) is 2. The Hall–Kier alpha value is -2.90. The quantitative estimate of drug-likeness (QED) is 0.722. The molecule has 138 valence electrons. The number of rotatable bonds is 4. The largest absolute Gasteiger partial charge is 0.507 e. The minimum absolute atomic E-state index is 0.0373. The van der Waals surface area contributed by atoms with Crippen molar-refractivity contribution in [3.8, 4) is 17.0 Å². The minimum atomic E-state index is -0.343. The number of nitrogens with one attached hydrogen (secondary N) is 1. The molecule has 7 heteroatoms. The first-order valence-electron chi connectivity index (χ1n) is 8.69. The van der Waals surface area contributed by atoms with Crippen LogP contribution in [0.15, 0.2) is 53.9 Å². The number of carbonyl (C=O) groups excluding carboxylic acids is 1. The third kappa shape index (κ3) is 3.94. The molecule has 1 amide bonds. The number of carbonyl (C=O) groups is 1. The lowest BCUT2D eigenvalue weighted by Crippen LogP contribution is -2.36. The van der Waals surface area contributed by atoms with Gasteiger partial charge in [0.1, 0.15) is 5.75 Å². The summed E-state index contributed by atoms with van der Waals surface area (Å²) in [7, 11) is 0. The van der Waals surface area contributed by atoms with Gasteiger partial charge in [-0.2, -0.15) is 0 Å². The van der Waals surface area contributed by atoms with Crippen molar-refractivity contribution in [1.82, 2.24) is 4.98 Å². The molecule has 2 heterocycles. The fraction of sp³-hybridized carbons (Fsp3) is 0.200. The maximum absolute atomic E-state index is 12.3. The Bertz CT molecular complexity index is 934. The molecule has 2 aromatic carbocycles. The summed E-state index contributed by atoms with van der Waals surface area (Å²) >= 11 is 1.63. The summed E-state index contributed by atoms with van der Waals surface area (Å²) in [5, 5.41) is 15.6. The van der Waals surface area contributed by atoms with E-state index in [2.05, 4.69) is 10.2 Å². The number of aromatic nitrogens is 1. The van der Waals surface area contributed by atoms with Crippen molar-refractivity contribution < 1.29 is 14.6 Å². The number of amides is 1. The number of hydrogen-bond acceptors (Lipinski definition) is 6. The number of anilines is 2. The Morgan fingerprint density at radius 1 is 1.11 bits per heavy atom. The minimum Gasteiger partial charge on any atom is -0.507 e. The van der Waals surface area contributed by atoms with Crippen molar-refractivity contribution in [3.05, 3.63) is 59.5 Å². The van der Waals surface area contributed by atoms with Crippen LogP contribution in [0.2, 0.25) is 0 Å². The zero-order chi connectivity index (χ0) is 18.6. The topological polar surface area (TPSA) is 74.7 Å². The maximum atomic E-state index is 12.3. The summed E-state index contributed by atoms with van der Waals surface area (Å²) in [6, 6.07) is 14.0. The van der Waals surface area contributed by atoms with Crippen LogP contribution in [-0.4, -0.2) is 42.3 Å². The summed E-state index contributed by atoms with van der Waals surface area (Å²) in [6.45, 7) is 3.20. The molecule has 2 N–H and O–H groups in total. The Balaban J connectivity index is 1.45. The lowest BCUT2D eigenvalue weighted by Gasteiger charge is -2.26. The van der Waals surface area contributed by atoms with Crippen molar-refractivity contribution in [2.45, 2.75) is 0 Å². The van der Waals surface area contributed by atoms with E-state index in [1.807, 2.05) is 29.6 Å². The van der Waals surface area contributed by atoms with Crippen LogP contribution in [0, 0.1) is 0 Å². The molecular weight excluding hydrogens is 362 g/mol. The van der Waals surface area contributed by atoms with E-state index in [9.17, 15) is 9.90 Å². The van der Waals surface area contributed by atoms with E-state index in [1.165, 1.54) is 6.07 Å². The lowest BCUT2D eigenvalue weighted by molar-refractivity contribution is 0.102. The number of ether oxygens (including phenoxy) is 1. The molecular formula is C20H19N3O3S. The molecule has 0 spiro atoms. The van der Waals surface area contributed by atoms with E-state index in [0.29, 0.717) is 5.69 Å². The Morgan fingerprint density at radius 3 is 2.59 bits per heavy atom. The zero-order valence-corrected chi connectivity index (χ0v) is 15.4. The first-order chi connectivity index (χ1) is 13.2. The van der Waals surface area contributed by atoms with Crippen molar-refractivity contribution in [2.75, 3.05) is 36.5 Å². The van der Waals surface area contributed by atoms with Crippen LogP contribution in [0.5, 0.6) is 5.75 Å².